The van der Waals surface area contributed by atoms with Crippen molar-refractivity contribution in [2.75, 3.05) is 9.44 Å². The van der Waals surface area contributed by atoms with Gasteiger partial charge in [-0.05, 0) is 149 Å². The van der Waals surface area contributed by atoms with E-state index in [9.17, 15) is 26.4 Å². The molecule has 0 aliphatic heterocycles. The van der Waals surface area contributed by atoms with Crippen LogP contribution in [0.4, 0.5) is 11.4 Å². The molecule has 0 heterocycles. The lowest BCUT2D eigenvalue weighted by atomic mass is 9.89. The maximum atomic E-state index is 13.8. The number of anilines is 2. The van der Waals surface area contributed by atoms with E-state index in [1.54, 1.807) is 60.7 Å². The van der Waals surface area contributed by atoms with Crippen LogP contribution in [0.1, 0.15) is 119 Å². The highest BCUT2D eigenvalue weighted by Gasteiger charge is 2.27. The summed E-state index contributed by atoms with van der Waals surface area (Å²) in [5, 5.41) is 18.4. The largest absolute Gasteiger partial charge is 0.478 e. The number of aryl methyl sites for hydroxylation is 4. The molecule has 0 aromatic heterocycles. The van der Waals surface area contributed by atoms with Gasteiger partial charge in [0.05, 0.1) is 21.0 Å². The fraction of sp³-hybridized carbons (Fsp3) is 0.255. The van der Waals surface area contributed by atoms with Gasteiger partial charge in [0.2, 0.25) is 0 Å². The molecule has 342 valence electrons. The molecule has 4 N–H and O–H groups in total. The SMILES string of the molecule is CC(C)c1cc(C(C)C)c(S(=O)(=O)Nc2cccc(CCc3ccc(C(=O)O)cc3)c2)c(C(C)C)c1.O=C(O)c1ccc(CCc2cccc(NS(=O)(=O)c3cc(Cl)ccc3Cl)c2)cc1. The Balaban J connectivity index is 0.000000250. The standard InChI is InChI=1S/C30H37NO4S.C21H17Cl2NO4S/c1-19(2)25-17-27(20(3)4)29(28(18-25)21(5)6)36(34,35)31-26-9-7-8-23(16-26)11-10-22-12-14-24(15-13-22)30(32)33;22-17-10-11-19(23)20(13-17)29(27,28)24-18-3-1-2-15(12-18)5-4-14-6-8-16(9-7-14)21(25)26/h7-9,12-21,31H,10-11H2,1-6H3,(H,32,33);1-3,6-13,24H,4-5H2,(H,25,26). The monoisotopic (exact) mass is 956 g/mol. The summed E-state index contributed by atoms with van der Waals surface area (Å²) in [4.78, 5) is 22.3. The van der Waals surface area contributed by atoms with Crippen molar-refractivity contribution in [1.82, 2.24) is 0 Å². The van der Waals surface area contributed by atoms with E-state index in [2.05, 4.69) is 23.3 Å². The highest BCUT2D eigenvalue weighted by molar-refractivity contribution is 7.93. The predicted octanol–water partition coefficient (Wildman–Crippen LogP) is 12.6. The first kappa shape index (κ1) is 50.3. The lowest BCUT2D eigenvalue weighted by Crippen LogP contribution is -2.19. The molecule has 0 amide bonds. The maximum absolute atomic E-state index is 13.8. The van der Waals surface area contributed by atoms with Gasteiger partial charge in [-0.25, -0.2) is 26.4 Å². The molecule has 0 atom stereocenters. The Morgan fingerprint density at radius 2 is 0.923 bits per heavy atom. The smallest absolute Gasteiger partial charge is 0.335 e. The number of sulfonamides is 2. The minimum absolute atomic E-state index is 0.0617. The number of carbonyl (C=O) groups is 2. The Hall–Kier alpha value is -5.66. The van der Waals surface area contributed by atoms with Gasteiger partial charge < -0.3 is 10.2 Å². The first-order valence-electron chi connectivity index (χ1n) is 21.1. The van der Waals surface area contributed by atoms with Gasteiger partial charge in [-0.15, -0.1) is 0 Å². The van der Waals surface area contributed by atoms with E-state index in [1.165, 1.54) is 18.2 Å². The molecule has 10 nitrogen and oxygen atoms in total. The minimum atomic E-state index is -3.89. The molecule has 0 aliphatic carbocycles. The molecule has 6 rings (SSSR count). The number of hydrogen-bond acceptors (Lipinski definition) is 6. The summed E-state index contributed by atoms with van der Waals surface area (Å²) in [6, 6.07) is 36.4. The van der Waals surface area contributed by atoms with Crippen molar-refractivity contribution in [2.24, 2.45) is 0 Å². The molecule has 65 heavy (non-hydrogen) atoms. The summed E-state index contributed by atoms with van der Waals surface area (Å²) in [5.41, 5.74) is 8.25. The molecule has 6 aromatic rings. The fourth-order valence-electron chi connectivity index (χ4n) is 7.09. The third-order valence-electron chi connectivity index (χ3n) is 10.7. The molecule has 0 fully saturated rings. The summed E-state index contributed by atoms with van der Waals surface area (Å²) in [6.45, 7) is 12.4. The van der Waals surface area contributed by atoms with Crippen LogP contribution in [0.15, 0.2) is 137 Å². The van der Waals surface area contributed by atoms with Crippen LogP contribution in [0.5, 0.6) is 0 Å². The third kappa shape index (κ3) is 13.9. The van der Waals surface area contributed by atoms with Gasteiger partial charge in [0.1, 0.15) is 4.90 Å². The molecule has 0 radical (unpaired) electrons. The predicted molar refractivity (Wildman–Crippen MR) is 261 cm³/mol. The van der Waals surface area contributed by atoms with Crippen LogP contribution in [-0.4, -0.2) is 39.0 Å². The number of carboxylic acid groups (broad SMARTS) is 2. The highest BCUT2D eigenvalue weighted by atomic mass is 35.5. The molecule has 0 aliphatic rings. The van der Waals surface area contributed by atoms with Crippen molar-refractivity contribution in [2.45, 2.75) is 94.8 Å². The average Bonchev–Trinajstić information content (AvgIpc) is 3.25. The Labute approximate surface area is 392 Å². The van der Waals surface area contributed by atoms with E-state index >= 15 is 0 Å². The Bertz CT molecular complexity index is 2830. The van der Waals surface area contributed by atoms with Crippen LogP contribution in [-0.2, 0) is 45.7 Å². The number of carboxylic acids is 2. The minimum Gasteiger partial charge on any atom is -0.478 e. The van der Waals surface area contributed by atoms with Crippen molar-refractivity contribution >= 4 is 66.6 Å². The zero-order chi connectivity index (χ0) is 47.6. The van der Waals surface area contributed by atoms with Crippen molar-refractivity contribution in [3.8, 4) is 0 Å². The molecular weight excluding hydrogens is 904 g/mol. The molecule has 0 saturated carbocycles. The summed E-state index contributed by atoms with van der Waals surface area (Å²) in [6.07, 6.45) is 2.79. The topological polar surface area (TPSA) is 167 Å². The van der Waals surface area contributed by atoms with Gasteiger partial charge in [-0.2, -0.15) is 0 Å². The number of rotatable bonds is 17. The second-order valence-corrected chi connectivity index (χ2v) is 20.8. The summed E-state index contributed by atoms with van der Waals surface area (Å²) in [7, 11) is -7.69. The van der Waals surface area contributed by atoms with E-state index in [-0.39, 0.29) is 37.9 Å². The van der Waals surface area contributed by atoms with E-state index in [0.717, 1.165) is 45.4 Å². The number of halogens is 2. The highest BCUT2D eigenvalue weighted by Crippen LogP contribution is 2.36. The van der Waals surface area contributed by atoms with Crippen molar-refractivity contribution < 1.29 is 36.6 Å². The van der Waals surface area contributed by atoms with Gasteiger partial charge in [0, 0.05) is 16.4 Å². The summed E-state index contributed by atoms with van der Waals surface area (Å²) < 4.78 is 58.2. The van der Waals surface area contributed by atoms with Crippen molar-refractivity contribution in [3.63, 3.8) is 0 Å². The van der Waals surface area contributed by atoms with Crippen LogP contribution in [0.25, 0.3) is 0 Å². The van der Waals surface area contributed by atoms with Gasteiger partial charge in [-0.3, -0.25) is 9.44 Å². The number of benzene rings is 6. The molecule has 14 heteroatoms. The Morgan fingerprint density at radius 1 is 0.508 bits per heavy atom. The van der Waals surface area contributed by atoms with Gasteiger partial charge in [0.25, 0.3) is 20.0 Å². The van der Waals surface area contributed by atoms with Crippen LogP contribution >= 0.6 is 23.2 Å². The first-order valence-corrected chi connectivity index (χ1v) is 24.9. The Kier molecular flexibility index (Phi) is 17.1. The van der Waals surface area contributed by atoms with Crippen LogP contribution in [0.3, 0.4) is 0 Å². The van der Waals surface area contributed by atoms with Crippen LogP contribution < -0.4 is 9.44 Å². The molecule has 0 spiro atoms. The average molecular weight is 958 g/mol. The van der Waals surface area contributed by atoms with Crippen LogP contribution in [0.2, 0.25) is 10.0 Å². The van der Waals surface area contributed by atoms with Gasteiger partial charge >= 0.3 is 11.9 Å². The quantitative estimate of drug-likeness (QED) is 0.0701. The zero-order valence-corrected chi connectivity index (χ0v) is 40.2. The van der Waals surface area contributed by atoms with Crippen LogP contribution in [0, 0.1) is 0 Å². The molecule has 0 bridgehead atoms. The first-order chi connectivity index (χ1) is 30.6. The maximum Gasteiger partial charge on any atom is 0.335 e. The summed E-state index contributed by atoms with van der Waals surface area (Å²) >= 11 is 11.9. The number of hydrogen-bond donors (Lipinski definition) is 4. The molecule has 0 saturated heterocycles. The molecular formula is C51H54Cl2N2O8S2. The van der Waals surface area contributed by atoms with E-state index in [1.807, 2.05) is 76.2 Å². The summed E-state index contributed by atoms with van der Waals surface area (Å²) in [5.74, 6) is -1.47. The third-order valence-corrected chi connectivity index (χ3v) is 14.3. The van der Waals surface area contributed by atoms with E-state index in [4.69, 9.17) is 33.4 Å². The van der Waals surface area contributed by atoms with Crippen molar-refractivity contribution in [3.05, 3.63) is 188 Å². The molecule has 0 unspecified atom stereocenters. The normalized spacial score (nSPS) is 11.6. The fourth-order valence-corrected chi connectivity index (χ4v) is 10.6. The lowest BCUT2D eigenvalue weighted by Gasteiger charge is -2.23. The second-order valence-electron chi connectivity index (χ2n) is 16.7. The Morgan fingerprint density at radius 3 is 1.32 bits per heavy atom. The molecule has 6 aromatic carbocycles. The zero-order valence-electron chi connectivity index (χ0n) is 37.1. The van der Waals surface area contributed by atoms with Crippen molar-refractivity contribution in [1.29, 1.82) is 0 Å². The number of aromatic carboxylic acids is 2. The second kappa shape index (κ2) is 22.0. The van der Waals surface area contributed by atoms with Gasteiger partial charge in [0.15, 0.2) is 0 Å². The van der Waals surface area contributed by atoms with E-state index < -0.39 is 32.0 Å². The number of nitrogens with one attached hydrogen (secondary N) is 2. The lowest BCUT2D eigenvalue weighted by molar-refractivity contribution is 0.0686. The van der Waals surface area contributed by atoms with Gasteiger partial charge in [-0.1, -0.05) is 125 Å². The van der Waals surface area contributed by atoms with E-state index in [0.29, 0.717) is 41.5 Å².